The maximum atomic E-state index is 12.7. The van der Waals surface area contributed by atoms with E-state index in [9.17, 15) is 4.79 Å². The molecular weight excluding hydrogens is 424 g/mol. The molecule has 4 rings (SSSR count). The van der Waals surface area contributed by atoms with Crippen molar-refractivity contribution in [1.29, 1.82) is 0 Å². The van der Waals surface area contributed by atoms with Crippen molar-refractivity contribution in [3.8, 4) is 16.9 Å². The lowest BCUT2D eigenvalue weighted by Crippen LogP contribution is -2.22. The molecule has 0 radical (unpaired) electrons. The van der Waals surface area contributed by atoms with Crippen molar-refractivity contribution in [2.24, 2.45) is 0 Å². The van der Waals surface area contributed by atoms with Gasteiger partial charge in [-0.05, 0) is 54.8 Å². The number of nitrogens with one attached hydrogen (secondary N) is 2. The predicted octanol–water partition coefficient (Wildman–Crippen LogP) is 5.91. The lowest BCUT2D eigenvalue weighted by molar-refractivity contribution is 0.0951. The normalized spacial score (nSPS) is 10.5. The number of anilines is 2. The second kappa shape index (κ2) is 11.1. The molecule has 2 N–H and O–H groups in total. The number of carbonyl (C=O) groups is 1. The Morgan fingerprint density at radius 1 is 0.912 bits per heavy atom. The fourth-order valence-corrected chi connectivity index (χ4v) is 3.36. The Morgan fingerprint density at radius 3 is 2.35 bits per heavy atom. The summed E-state index contributed by atoms with van der Waals surface area (Å²) in [6, 6.07) is 23.3. The van der Waals surface area contributed by atoms with Gasteiger partial charge in [0, 0.05) is 35.8 Å². The minimum absolute atomic E-state index is 0.148. The maximum absolute atomic E-state index is 12.7. The first-order valence-corrected chi connectivity index (χ1v) is 11.4. The summed E-state index contributed by atoms with van der Waals surface area (Å²) >= 11 is 0. The van der Waals surface area contributed by atoms with E-state index in [4.69, 9.17) is 4.74 Å². The van der Waals surface area contributed by atoms with E-state index in [2.05, 4.69) is 58.7 Å². The predicted molar refractivity (Wildman–Crippen MR) is 135 cm³/mol. The Morgan fingerprint density at radius 2 is 1.65 bits per heavy atom. The summed E-state index contributed by atoms with van der Waals surface area (Å²) < 4.78 is 5.60. The number of nitrogens with zero attached hydrogens (tertiary/aromatic N) is 2. The van der Waals surface area contributed by atoms with E-state index in [1.807, 2.05) is 36.4 Å². The van der Waals surface area contributed by atoms with Crippen LogP contribution < -0.4 is 15.4 Å². The van der Waals surface area contributed by atoms with Gasteiger partial charge in [0.15, 0.2) is 0 Å². The van der Waals surface area contributed by atoms with Crippen LogP contribution in [-0.4, -0.2) is 22.5 Å². The second-order valence-corrected chi connectivity index (χ2v) is 8.04. The fraction of sp³-hybridized carbons (Fsp3) is 0.179. The van der Waals surface area contributed by atoms with Gasteiger partial charge in [-0.25, -0.2) is 9.97 Å². The number of amides is 1. The number of ether oxygens (including phenoxy) is 1. The standard InChI is InChI=1S/C28H28N4O2/c1-3-15-34-26-13-9-21(10-14-26)17-29-27(33)23-5-4-6-25(16-23)32-28-30-18-24(19-31-28)22-11-7-20(2)8-12-22/h4-14,16,18-19H,3,15,17H2,1-2H3,(H,29,33)(H,30,31,32). The van der Waals surface area contributed by atoms with Gasteiger partial charge in [-0.15, -0.1) is 0 Å². The quantitative estimate of drug-likeness (QED) is 0.330. The summed E-state index contributed by atoms with van der Waals surface area (Å²) in [7, 11) is 0. The van der Waals surface area contributed by atoms with Gasteiger partial charge in [0.1, 0.15) is 5.75 Å². The van der Waals surface area contributed by atoms with E-state index in [0.29, 0.717) is 24.7 Å². The zero-order chi connectivity index (χ0) is 23.8. The van der Waals surface area contributed by atoms with Crippen LogP contribution in [0.5, 0.6) is 5.75 Å². The summed E-state index contributed by atoms with van der Waals surface area (Å²) in [6.45, 7) is 5.27. The molecule has 3 aromatic carbocycles. The highest BCUT2D eigenvalue weighted by atomic mass is 16.5. The molecule has 1 aromatic heterocycles. The SMILES string of the molecule is CCCOc1ccc(CNC(=O)c2cccc(Nc3ncc(-c4ccc(C)cc4)cn3)c2)cc1. The third-order valence-corrected chi connectivity index (χ3v) is 5.27. The average molecular weight is 453 g/mol. The number of rotatable bonds is 9. The highest BCUT2D eigenvalue weighted by Gasteiger charge is 2.08. The molecule has 0 atom stereocenters. The van der Waals surface area contributed by atoms with Crippen molar-refractivity contribution in [3.63, 3.8) is 0 Å². The molecule has 0 aliphatic carbocycles. The summed E-state index contributed by atoms with van der Waals surface area (Å²) in [5.41, 5.74) is 5.54. The van der Waals surface area contributed by atoms with Crippen molar-refractivity contribution >= 4 is 17.5 Å². The van der Waals surface area contributed by atoms with Crippen LogP contribution >= 0.6 is 0 Å². The molecule has 0 aliphatic rings. The third-order valence-electron chi connectivity index (χ3n) is 5.27. The summed E-state index contributed by atoms with van der Waals surface area (Å²) in [5.74, 6) is 1.16. The second-order valence-electron chi connectivity index (χ2n) is 8.04. The zero-order valence-electron chi connectivity index (χ0n) is 19.4. The average Bonchev–Trinajstić information content (AvgIpc) is 2.88. The van der Waals surface area contributed by atoms with Crippen LogP contribution in [0.25, 0.3) is 11.1 Å². The maximum Gasteiger partial charge on any atom is 0.251 e. The fourth-order valence-electron chi connectivity index (χ4n) is 3.36. The highest BCUT2D eigenvalue weighted by molar-refractivity contribution is 5.95. The van der Waals surface area contributed by atoms with Crippen LogP contribution in [0.15, 0.2) is 85.2 Å². The number of hydrogen-bond donors (Lipinski definition) is 2. The Labute approximate surface area is 200 Å². The van der Waals surface area contributed by atoms with Crippen LogP contribution in [0, 0.1) is 6.92 Å². The number of aromatic nitrogens is 2. The lowest BCUT2D eigenvalue weighted by atomic mass is 10.1. The van der Waals surface area contributed by atoms with Crippen LogP contribution in [0.3, 0.4) is 0 Å². The van der Waals surface area contributed by atoms with Crippen LogP contribution in [0.4, 0.5) is 11.6 Å². The number of benzene rings is 3. The monoisotopic (exact) mass is 452 g/mol. The van der Waals surface area contributed by atoms with Crippen molar-refractivity contribution in [2.75, 3.05) is 11.9 Å². The van der Waals surface area contributed by atoms with Gasteiger partial charge in [0.25, 0.3) is 5.91 Å². The smallest absolute Gasteiger partial charge is 0.251 e. The van der Waals surface area contributed by atoms with E-state index < -0.39 is 0 Å². The molecule has 0 fully saturated rings. The lowest BCUT2D eigenvalue weighted by Gasteiger charge is -2.10. The molecule has 6 nitrogen and oxygen atoms in total. The van der Waals surface area contributed by atoms with Crippen molar-refractivity contribution < 1.29 is 9.53 Å². The van der Waals surface area contributed by atoms with Gasteiger partial charge in [-0.2, -0.15) is 0 Å². The summed E-state index contributed by atoms with van der Waals surface area (Å²) in [5, 5.41) is 6.13. The first kappa shape index (κ1) is 23.0. The largest absolute Gasteiger partial charge is 0.494 e. The van der Waals surface area contributed by atoms with E-state index >= 15 is 0 Å². The van der Waals surface area contributed by atoms with Gasteiger partial charge in [-0.1, -0.05) is 55.0 Å². The minimum Gasteiger partial charge on any atom is -0.494 e. The third kappa shape index (κ3) is 6.19. The van der Waals surface area contributed by atoms with E-state index in [1.165, 1.54) is 5.56 Å². The number of hydrogen-bond acceptors (Lipinski definition) is 5. The van der Waals surface area contributed by atoms with E-state index in [-0.39, 0.29) is 5.91 Å². The Kier molecular flexibility index (Phi) is 7.50. The van der Waals surface area contributed by atoms with Crippen LogP contribution in [-0.2, 0) is 6.54 Å². The molecule has 1 heterocycles. The molecule has 0 aliphatic heterocycles. The first-order chi connectivity index (χ1) is 16.6. The van der Waals surface area contributed by atoms with Crippen molar-refractivity contribution in [3.05, 3.63) is 102 Å². The molecule has 4 aromatic rings. The highest BCUT2D eigenvalue weighted by Crippen LogP contribution is 2.20. The minimum atomic E-state index is -0.148. The molecule has 0 saturated heterocycles. The molecule has 0 bridgehead atoms. The topological polar surface area (TPSA) is 76.1 Å². The van der Waals surface area contributed by atoms with Gasteiger partial charge < -0.3 is 15.4 Å². The Balaban J connectivity index is 1.35. The molecule has 0 spiro atoms. The summed E-state index contributed by atoms with van der Waals surface area (Å²) in [4.78, 5) is 21.5. The molecule has 172 valence electrons. The Bertz CT molecular complexity index is 1220. The number of carbonyl (C=O) groups excluding carboxylic acids is 1. The van der Waals surface area contributed by atoms with E-state index in [0.717, 1.165) is 34.5 Å². The van der Waals surface area contributed by atoms with Crippen molar-refractivity contribution in [2.45, 2.75) is 26.8 Å². The first-order valence-electron chi connectivity index (χ1n) is 11.4. The van der Waals surface area contributed by atoms with Crippen LogP contribution in [0.1, 0.15) is 34.8 Å². The van der Waals surface area contributed by atoms with Gasteiger partial charge in [0.05, 0.1) is 6.61 Å². The summed E-state index contributed by atoms with van der Waals surface area (Å²) in [6.07, 6.45) is 4.54. The molecule has 1 amide bonds. The van der Waals surface area contributed by atoms with Gasteiger partial charge >= 0.3 is 0 Å². The molecule has 0 unspecified atom stereocenters. The van der Waals surface area contributed by atoms with Gasteiger partial charge in [0.2, 0.25) is 5.95 Å². The van der Waals surface area contributed by atoms with Crippen LogP contribution in [0.2, 0.25) is 0 Å². The Hall–Kier alpha value is -4.19. The van der Waals surface area contributed by atoms with Gasteiger partial charge in [-0.3, -0.25) is 4.79 Å². The zero-order valence-corrected chi connectivity index (χ0v) is 19.4. The molecule has 0 saturated carbocycles. The molecule has 6 heteroatoms. The van der Waals surface area contributed by atoms with E-state index in [1.54, 1.807) is 24.5 Å². The molecule has 34 heavy (non-hydrogen) atoms. The number of aryl methyl sites for hydroxylation is 1. The molecular formula is C28H28N4O2. The van der Waals surface area contributed by atoms with Crippen molar-refractivity contribution in [1.82, 2.24) is 15.3 Å².